The van der Waals surface area contributed by atoms with Gasteiger partial charge in [-0.25, -0.2) is 4.68 Å². The third-order valence-electron chi connectivity index (χ3n) is 6.35. The van der Waals surface area contributed by atoms with Crippen LogP contribution in [0.4, 0.5) is 11.9 Å². The van der Waals surface area contributed by atoms with Crippen LogP contribution in [0.2, 0.25) is 10.0 Å². The lowest BCUT2D eigenvalue weighted by Gasteiger charge is -2.35. The molecule has 2 heterocycles. The zero-order valence-electron chi connectivity index (χ0n) is 19.3. The Labute approximate surface area is 211 Å². The van der Waals surface area contributed by atoms with Crippen LogP contribution in [-0.2, 0) is 4.79 Å². The summed E-state index contributed by atoms with van der Waals surface area (Å²) in [6, 6.07) is 8.50. The highest BCUT2D eigenvalue weighted by Crippen LogP contribution is 2.47. The van der Waals surface area contributed by atoms with Crippen LogP contribution in [0.25, 0.3) is 0 Å². The predicted octanol–water partition coefficient (Wildman–Crippen LogP) is 4.61. The van der Waals surface area contributed by atoms with E-state index in [0.717, 1.165) is 16.8 Å². The number of fused-ring (bicyclic) bond motifs is 1. The Kier molecular flexibility index (Phi) is 5.98. The number of nitrogens with one attached hydrogen (secondary N) is 1. The molecule has 3 N–H and O–H groups in total. The highest BCUT2D eigenvalue weighted by molar-refractivity contribution is 6.42. The number of methoxy groups -OCH3 is 3. The first kappa shape index (κ1) is 23.3. The summed E-state index contributed by atoms with van der Waals surface area (Å²) < 4.78 is 18.1. The molecule has 2 unspecified atom stereocenters. The second-order valence-electron chi connectivity index (χ2n) is 8.32. The van der Waals surface area contributed by atoms with Gasteiger partial charge in [0.2, 0.25) is 17.6 Å². The zero-order valence-corrected chi connectivity index (χ0v) is 20.8. The SMILES string of the molecule is COc1cc(C2CC(=O)C3=C(C2)Nc2nc(N)nn2C3c2ccc(Cl)c(Cl)c2)cc(OC)c1OC. The number of nitrogen functional groups attached to an aromatic ring is 1. The number of anilines is 2. The number of nitrogens with two attached hydrogens (primary N) is 1. The maximum Gasteiger partial charge on any atom is 0.241 e. The van der Waals surface area contributed by atoms with E-state index in [2.05, 4.69) is 15.4 Å². The van der Waals surface area contributed by atoms with Crippen molar-refractivity contribution in [2.45, 2.75) is 24.8 Å². The van der Waals surface area contributed by atoms with Gasteiger partial charge in [-0.2, -0.15) is 4.98 Å². The maximum absolute atomic E-state index is 13.7. The van der Waals surface area contributed by atoms with Crippen molar-refractivity contribution in [1.82, 2.24) is 14.8 Å². The van der Waals surface area contributed by atoms with E-state index in [0.29, 0.717) is 45.2 Å². The minimum Gasteiger partial charge on any atom is -0.493 e. The molecule has 1 aromatic heterocycles. The van der Waals surface area contributed by atoms with Crippen LogP contribution in [0.1, 0.15) is 35.9 Å². The number of halogens is 2. The van der Waals surface area contributed by atoms with E-state index < -0.39 is 6.04 Å². The Morgan fingerprint density at radius 2 is 1.71 bits per heavy atom. The third kappa shape index (κ3) is 3.94. The van der Waals surface area contributed by atoms with Crippen molar-refractivity contribution >= 4 is 40.9 Å². The second-order valence-corrected chi connectivity index (χ2v) is 9.13. The molecule has 2 aromatic carbocycles. The van der Waals surface area contributed by atoms with Gasteiger partial charge in [-0.3, -0.25) is 4.79 Å². The molecule has 3 aromatic rings. The fourth-order valence-corrected chi connectivity index (χ4v) is 5.10. The van der Waals surface area contributed by atoms with E-state index in [1.54, 1.807) is 38.1 Å². The molecular formula is C24H23Cl2N5O4. The summed E-state index contributed by atoms with van der Waals surface area (Å²) in [5.74, 6) is 1.98. The Bertz CT molecular complexity index is 1340. The number of ketones is 1. The molecule has 0 amide bonds. The highest BCUT2D eigenvalue weighted by atomic mass is 35.5. The first-order valence-corrected chi connectivity index (χ1v) is 11.6. The Morgan fingerprint density at radius 3 is 2.34 bits per heavy atom. The van der Waals surface area contributed by atoms with Gasteiger partial charge in [0.05, 0.1) is 31.4 Å². The number of hydrogen-bond donors (Lipinski definition) is 2. The van der Waals surface area contributed by atoms with Crippen molar-refractivity contribution in [2.75, 3.05) is 32.4 Å². The predicted molar refractivity (Wildman–Crippen MR) is 133 cm³/mol. The van der Waals surface area contributed by atoms with Crippen LogP contribution in [0.15, 0.2) is 41.6 Å². The number of allylic oxidation sites excluding steroid dienone is 2. The Morgan fingerprint density at radius 1 is 1.00 bits per heavy atom. The number of hydrogen-bond acceptors (Lipinski definition) is 8. The van der Waals surface area contributed by atoms with Crippen LogP contribution in [0, 0.1) is 0 Å². The van der Waals surface area contributed by atoms with Crippen LogP contribution < -0.4 is 25.3 Å². The van der Waals surface area contributed by atoms with E-state index in [1.165, 1.54) is 0 Å². The molecule has 5 rings (SSSR count). The minimum absolute atomic E-state index is 0.0201. The van der Waals surface area contributed by atoms with Crippen LogP contribution in [0.3, 0.4) is 0 Å². The number of Topliss-reactive ketones (excluding diaryl/α,β-unsaturated/α-hetero) is 1. The van der Waals surface area contributed by atoms with Gasteiger partial charge in [0.15, 0.2) is 17.3 Å². The quantitative estimate of drug-likeness (QED) is 0.506. The maximum atomic E-state index is 13.7. The number of rotatable bonds is 5. The highest BCUT2D eigenvalue weighted by Gasteiger charge is 2.40. The molecule has 0 bridgehead atoms. The van der Waals surface area contributed by atoms with Crippen molar-refractivity contribution in [3.8, 4) is 17.2 Å². The lowest BCUT2D eigenvalue weighted by atomic mass is 9.77. The fourth-order valence-electron chi connectivity index (χ4n) is 4.79. The molecule has 1 aliphatic heterocycles. The monoisotopic (exact) mass is 515 g/mol. The lowest BCUT2D eigenvalue weighted by Crippen LogP contribution is -2.33. The topological polar surface area (TPSA) is 114 Å². The molecule has 0 fully saturated rings. The number of ether oxygens (including phenoxy) is 3. The first-order valence-electron chi connectivity index (χ1n) is 10.8. The van der Waals surface area contributed by atoms with Gasteiger partial charge in [-0.15, -0.1) is 5.10 Å². The van der Waals surface area contributed by atoms with Gasteiger partial charge in [-0.05, 0) is 47.7 Å². The van der Waals surface area contributed by atoms with Gasteiger partial charge in [-0.1, -0.05) is 29.3 Å². The van der Waals surface area contributed by atoms with Gasteiger partial charge >= 0.3 is 0 Å². The summed E-state index contributed by atoms with van der Waals surface area (Å²) in [4.78, 5) is 18.0. The summed E-state index contributed by atoms with van der Waals surface area (Å²) in [6.07, 6.45) is 0.848. The largest absolute Gasteiger partial charge is 0.493 e. The molecule has 0 saturated heterocycles. The van der Waals surface area contributed by atoms with Crippen molar-refractivity contribution in [3.63, 3.8) is 0 Å². The lowest BCUT2D eigenvalue weighted by molar-refractivity contribution is -0.116. The molecule has 11 heteroatoms. The minimum atomic E-state index is -0.533. The molecule has 35 heavy (non-hydrogen) atoms. The summed E-state index contributed by atoms with van der Waals surface area (Å²) in [6.45, 7) is 0. The van der Waals surface area contributed by atoms with Gasteiger partial charge < -0.3 is 25.3 Å². The molecule has 0 radical (unpaired) electrons. The average molecular weight is 516 g/mol. The molecular weight excluding hydrogens is 493 g/mol. The Balaban J connectivity index is 1.60. The normalized spacial score (nSPS) is 19.1. The van der Waals surface area contributed by atoms with Crippen molar-refractivity contribution < 1.29 is 19.0 Å². The number of nitrogens with zero attached hydrogens (tertiary/aromatic N) is 3. The van der Waals surface area contributed by atoms with E-state index in [-0.39, 0.29) is 24.1 Å². The molecule has 0 spiro atoms. The second kappa shape index (κ2) is 8.98. The molecule has 2 aliphatic rings. The van der Waals surface area contributed by atoms with Crippen molar-refractivity contribution in [2.24, 2.45) is 0 Å². The summed E-state index contributed by atoms with van der Waals surface area (Å²) >= 11 is 12.4. The zero-order chi connectivity index (χ0) is 24.9. The van der Waals surface area contributed by atoms with Crippen LogP contribution in [0.5, 0.6) is 17.2 Å². The van der Waals surface area contributed by atoms with Gasteiger partial charge in [0.1, 0.15) is 6.04 Å². The summed E-state index contributed by atoms with van der Waals surface area (Å²) in [5, 5.41) is 8.43. The van der Waals surface area contributed by atoms with Crippen molar-refractivity contribution in [1.29, 1.82) is 0 Å². The van der Waals surface area contributed by atoms with Gasteiger partial charge in [0, 0.05) is 17.7 Å². The van der Waals surface area contributed by atoms with E-state index in [4.69, 9.17) is 43.1 Å². The molecule has 2 atom stereocenters. The van der Waals surface area contributed by atoms with Gasteiger partial charge in [0.25, 0.3) is 0 Å². The van der Waals surface area contributed by atoms with Crippen LogP contribution in [-0.4, -0.2) is 41.9 Å². The summed E-state index contributed by atoms with van der Waals surface area (Å²) in [5.41, 5.74) is 8.94. The number of benzene rings is 2. The summed E-state index contributed by atoms with van der Waals surface area (Å²) in [7, 11) is 4.68. The number of carbonyl (C=O) groups excluding carboxylic acids is 1. The Hall–Kier alpha value is -3.43. The van der Waals surface area contributed by atoms with E-state index >= 15 is 0 Å². The van der Waals surface area contributed by atoms with Crippen molar-refractivity contribution in [3.05, 3.63) is 62.8 Å². The van der Waals surface area contributed by atoms with E-state index in [9.17, 15) is 4.79 Å². The van der Waals surface area contributed by atoms with Crippen LogP contribution >= 0.6 is 23.2 Å². The number of aromatic nitrogens is 3. The number of carbonyl (C=O) groups is 1. The molecule has 182 valence electrons. The smallest absolute Gasteiger partial charge is 0.241 e. The molecule has 0 saturated carbocycles. The average Bonchev–Trinajstić information content (AvgIpc) is 3.22. The standard InChI is InChI=1S/C24H23Cl2N5O4/c1-33-18-9-13(10-19(34-2)22(18)35-3)12-7-16-20(17(32)8-12)21(11-4-5-14(25)15(26)6-11)31-24(28-16)29-23(27)30-31/h4-6,9-10,12,21H,7-8H2,1-3H3,(H3,27,28,29,30). The molecule has 1 aliphatic carbocycles. The molecule has 9 nitrogen and oxygen atoms in total. The first-order chi connectivity index (χ1) is 16.8. The third-order valence-corrected chi connectivity index (χ3v) is 7.09. The fraction of sp³-hybridized carbons (Fsp3) is 0.292. The van der Waals surface area contributed by atoms with E-state index in [1.807, 2.05) is 18.2 Å².